The van der Waals surface area contributed by atoms with Gasteiger partial charge in [0.1, 0.15) is 11.8 Å². The van der Waals surface area contributed by atoms with Gasteiger partial charge in [-0.05, 0) is 28.6 Å². The lowest BCUT2D eigenvalue weighted by Gasteiger charge is -2.37. The van der Waals surface area contributed by atoms with Gasteiger partial charge in [-0.3, -0.25) is 14.3 Å². The first-order valence-corrected chi connectivity index (χ1v) is 12.9. The van der Waals surface area contributed by atoms with Crippen LogP contribution in [0.15, 0.2) is 112 Å². The number of hydrogen-bond donors (Lipinski definition) is 1. The largest absolute Gasteiger partial charge is 0.358 e. The van der Waals surface area contributed by atoms with Crippen LogP contribution in [0.5, 0.6) is 0 Å². The number of H-pyrrole nitrogens is 1. The Balaban J connectivity index is 1.54. The van der Waals surface area contributed by atoms with Crippen LogP contribution >= 0.6 is 0 Å². The number of benzene rings is 3. The average Bonchev–Trinajstić information content (AvgIpc) is 3.37. The van der Waals surface area contributed by atoms with Crippen LogP contribution in [0.1, 0.15) is 41.8 Å². The predicted octanol–water partition coefficient (Wildman–Crippen LogP) is 5.07. The zero-order valence-electron chi connectivity index (χ0n) is 21.5. The molecular weight excluding hydrogens is 494 g/mol. The lowest BCUT2D eigenvalue weighted by Crippen LogP contribution is -2.38. The number of hydrogen-bond acceptors (Lipinski definition) is 5. The minimum atomic E-state index is -0.976. The predicted molar refractivity (Wildman–Crippen MR) is 147 cm³/mol. The van der Waals surface area contributed by atoms with Crippen LogP contribution in [0.4, 0.5) is 0 Å². The quantitative estimate of drug-likeness (QED) is 0.142. The molecule has 1 aliphatic heterocycles. The first-order valence-electron chi connectivity index (χ1n) is 12.9. The van der Waals surface area contributed by atoms with Crippen LogP contribution in [0.25, 0.3) is 10.4 Å². The van der Waals surface area contributed by atoms with E-state index in [1.165, 1.54) is 10.8 Å². The molecule has 1 aromatic heterocycles. The maximum atomic E-state index is 12.6. The van der Waals surface area contributed by atoms with Gasteiger partial charge in [0.05, 0.1) is 18.8 Å². The van der Waals surface area contributed by atoms with Crippen LogP contribution in [0.2, 0.25) is 0 Å². The van der Waals surface area contributed by atoms with E-state index >= 15 is 0 Å². The first-order chi connectivity index (χ1) is 19.1. The monoisotopic (exact) mass is 523 g/mol. The Bertz CT molecular complexity index is 1470. The topological polar surface area (TPSA) is 122 Å². The molecule has 2 heterocycles. The summed E-state index contributed by atoms with van der Waals surface area (Å²) in [7, 11) is 0. The Kier molecular flexibility index (Phi) is 7.74. The summed E-state index contributed by atoms with van der Waals surface area (Å²) in [5.41, 5.74) is 10.6. The molecule has 0 saturated carbocycles. The third-order valence-electron chi connectivity index (χ3n) is 7.14. The summed E-state index contributed by atoms with van der Waals surface area (Å²) >= 11 is 0. The highest BCUT2D eigenvalue weighted by molar-refractivity contribution is 5.47. The van der Waals surface area contributed by atoms with Gasteiger partial charge in [-0.15, -0.1) is 0 Å². The van der Waals surface area contributed by atoms with Crippen LogP contribution < -0.4 is 11.2 Å². The summed E-state index contributed by atoms with van der Waals surface area (Å²) in [4.78, 5) is 30.1. The molecule has 1 aliphatic rings. The zero-order chi connectivity index (χ0) is 27.2. The SMILES string of the molecule is CCc1cn([C@H]2C[C@H](N=[N+]=[N-])[C@@H](COC(c3ccccc3)(c3ccccc3)c3ccccc3)O2)c(=O)[nH]c1=O. The molecule has 3 atom stereocenters. The summed E-state index contributed by atoms with van der Waals surface area (Å²) in [6, 6.07) is 29.3. The van der Waals surface area contributed by atoms with Crippen molar-refractivity contribution in [1.82, 2.24) is 9.55 Å². The van der Waals surface area contributed by atoms with Gasteiger partial charge < -0.3 is 9.47 Å². The third kappa shape index (κ3) is 5.15. The molecule has 1 N–H and O–H groups in total. The second-order valence-corrected chi connectivity index (χ2v) is 9.40. The number of nitrogens with zero attached hydrogens (tertiary/aromatic N) is 4. The number of ether oxygens (including phenoxy) is 2. The van der Waals surface area contributed by atoms with Gasteiger partial charge >= 0.3 is 5.69 Å². The molecule has 5 rings (SSSR count). The highest BCUT2D eigenvalue weighted by Crippen LogP contribution is 2.41. The number of nitrogens with one attached hydrogen (secondary N) is 1. The lowest BCUT2D eigenvalue weighted by atomic mass is 9.80. The second-order valence-electron chi connectivity index (χ2n) is 9.40. The Morgan fingerprint density at radius 2 is 1.51 bits per heavy atom. The van der Waals surface area contributed by atoms with Crippen molar-refractivity contribution in [3.63, 3.8) is 0 Å². The van der Waals surface area contributed by atoms with E-state index in [1.54, 1.807) is 0 Å². The minimum absolute atomic E-state index is 0.0810. The summed E-state index contributed by atoms with van der Waals surface area (Å²) in [5, 5.41) is 3.98. The van der Waals surface area contributed by atoms with E-state index in [-0.39, 0.29) is 13.0 Å². The Hall–Kier alpha value is -4.43. The van der Waals surface area contributed by atoms with Gasteiger partial charge in [0, 0.05) is 23.1 Å². The van der Waals surface area contributed by atoms with Gasteiger partial charge in [-0.1, -0.05) is 103 Å². The van der Waals surface area contributed by atoms with Gasteiger partial charge in [-0.2, -0.15) is 0 Å². The molecule has 0 amide bonds. The fourth-order valence-electron chi connectivity index (χ4n) is 5.19. The van der Waals surface area contributed by atoms with Gasteiger partial charge in [0.2, 0.25) is 0 Å². The van der Waals surface area contributed by atoms with E-state index in [0.29, 0.717) is 12.0 Å². The maximum absolute atomic E-state index is 12.6. The fourth-order valence-corrected chi connectivity index (χ4v) is 5.19. The van der Waals surface area contributed by atoms with Crippen molar-refractivity contribution in [1.29, 1.82) is 0 Å². The lowest BCUT2D eigenvalue weighted by molar-refractivity contribution is -0.0796. The van der Waals surface area contributed by atoms with Crippen molar-refractivity contribution in [2.45, 2.75) is 43.7 Å². The standard InChI is InChI=1S/C30H29N5O4/c1-2-21-19-35(29(37)32-28(21)36)27-18-25(33-34-31)26(39-27)20-38-30(22-12-6-3-7-13-22,23-14-8-4-9-15-23)24-16-10-5-11-17-24/h3-17,19,25-27H,2,18,20H2,1H3,(H,32,36,37)/t25-,26+,27+/m0/s1. The number of rotatable bonds is 9. The number of aromatic amines is 1. The van der Waals surface area contributed by atoms with E-state index < -0.39 is 35.2 Å². The molecule has 0 radical (unpaired) electrons. The third-order valence-corrected chi connectivity index (χ3v) is 7.14. The van der Waals surface area contributed by atoms with E-state index in [1.807, 2.05) is 97.9 Å². The van der Waals surface area contributed by atoms with E-state index in [4.69, 9.17) is 9.47 Å². The van der Waals surface area contributed by atoms with Crippen LogP contribution in [0, 0.1) is 0 Å². The van der Waals surface area contributed by atoms with Crippen molar-refractivity contribution in [3.05, 3.63) is 151 Å². The zero-order valence-corrected chi connectivity index (χ0v) is 21.5. The van der Waals surface area contributed by atoms with Crippen molar-refractivity contribution in [2.24, 2.45) is 5.11 Å². The van der Waals surface area contributed by atoms with Crippen molar-refractivity contribution in [2.75, 3.05) is 6.61 Å². The summed E-state index contributed by atoms with van der Waals surface area (Å²) in [5.74, 6) is 0. The molecular formula is C30H29N5O4. The van der Waals surface area contributed by atoms with E-state index in [2.05, 4.69) is 15.0 Å². The molecule has 198 valence electrons. The molecule has 4 aromatic rings. The Morgan fingerprint density at radius 1 is 0.974 bits per heavy atom. The first kappa shape index (κ1) is 26.2. The molecule has 3 aromatic carbocycles. The maximum Gasteiger partial charge on any atom is 0.330 e. The molecule has 39 heavy (non-hydrogen) atoms. The Labute approximate surface area is 225 Å². The van der Waals surface area contributed by atoms with E-state index in [0.717, 1.165) is 16.7 Å². The van der Waals surface area contributed by atoms with E-state index in [9.17, 15) is 15.1 Å². The molecule has 0 aliphatic carbocycles. The summed E-state index contributed by atoms with van der Waals surface area (Å²) in [6.07, 6.45) is 0.892. The van der Waals surface area contributed by atoms with Crippen molar-refractivity contribution < 1.29 is 9.47 Å². The molecule has 0 bridgehead atoms. The van der Waals surface area contributed by atoms with Crippen LogP contribution in [-0.4, -0.2) is 28.3 Å². The highest BCUT2D eigenvalue weighted by atomic mass is 16.6. The minimum Gasteiger partial charge on any atom is -0.358 e. The van der Waals surface area contributed by atoms with Gasteiger partial charge in [0.15, 0.2) is 0 Å². The molecule has 1 saturated heterocycles. The molecule has 9 nitrogen and oxygen atoms in total. The smallest absolute Gasteiger partial charge is 0.330 e. The van der Waals surface area contributed by atoms with Gasteiger partial charge in [0.25, 0.3) is 5.56 Å². The molecule has 0 spiro atoms. The average molecular weight is 524 g/mol. The highest BCUT2D eigenvalue weighted by Gasteiger charge is 2.42. The number of aryl methyl sites for hydroxylation is 1. The molecule has 0 unspecified atom stereocenters. The molecule has 9 heteroatoms. The van der Waals surface area contributed by atoms with Gasteiger partial charge in [-0.25, -0.2) is 4.79 Å². The van der Waals surface area contributed by atoms with Crippen LogP contribution in [-0.2, 0) is 21.5 Å². The summed E-state index contributed by atoms with van der Waals surface area (Å²) < 4.78 is 14.5. The Morgan fingerprint density at radius 3 is 2.00 bits per heavy atom. The summed E-state index contributed by atoms with van der Waals surface area (Å²) in [6.45, 7) is 1.92. The second kappa shape index (κ2) is 11.5. The number of azide groups is 1. The fraction of sp³-hybridized carbons (Fsp3) is 0.267. The van der Waals surface area contributed by atoms with Crippen LogP contribution in [0.3, 0.4) is 0 Å². The van der Waals surface area contributed by atoms with Crippen molar-refractivity contribution in [3.8, 4) is 0 Å². The number of aromatic nitrogens is 2. The van der Waals surface area contributed by atoms with Crippen molar-refractivity contribution >= 4 is 0 Å². The normalized spacial score (nSPS) is 18.9. The molecule has 1 fully saturated rings.